The number of sulfonamides is 1. The minimum atomic E-state index is -3.46. The molecule has 0 amide bonds. The van der Waals surface area contributed by atoms with Crippen LogP contribution in [0.1, 0.15) is 30.4 Å². The van der Waals surface area contributed by atoms with Crippen LogP contribution in [0.5, 0.6) is 0 Å². The van der Waals surface area contributed by atoms with Gasteiger partial charge in [-0.3, -0.25) is 5.84 Å². The molecule has 1 aromatic rings. The lowest BCUT2D eigenvalue weighted by Crippen LogP contribution is -2.26. The van der Waals surface area contributed by atoms with Gasteiger partial charge in [0.05, 0.1) is 4.90 Å². The van der Waals surface area contributed by atoms with Gasteiger partial charge in [0, 0.05) is 12.2 Å². The van der Waals surface area contributed by atoms with Crippen molar-refractivity contribution in [3.05, 3.63) is 23.3 Å². The van der Waals surface area contributed by atoms with Crippen molar-refractivity contribution >= 4 is 27.5 Å². The van der Waals surface area contributed by atoms with Gasteiger partial charge in [-0.05, 0) is 62.0 Å². The number of hydrazine groups is 1. The first kappa shape index (κ1) is 18.3. The second kappa shape index (κ2) is 8.63. The summed E-state index contributed by atoms with van der Waals surface area (Å²) in [6, 6.07) is 3.47. The van der Waals surface area contributed by atoms with E-state index in [2.05, 4.69) is 16.4 Å². The first-order chi connectivity index (χ1) is 9.92. The molecule has 120 valence electrons. The molecular formula is C14H25N3O2S2. The molecule has 0 atom stereocenters. The van der Waals surface area contributed by atoms with Crippen LogP contribution in [0, 0.1) is 13.8 Å². The van der Waals surface area contributed by atoms with Crippen LogP contribution in [0.25, 0.3) is 0 Å². The van der Waals surface area contributed by atoms with Crippen LogP contribution >= 0.6 is 11.8 Å². The first-order valence-electron chi connectivity index (χ1n) is 6.99. The summed E-state index contributed by atoms with van der Waals surface area (Å²) in [5.41, 5.74) is 4.64. The molecule has 0 aliphatic heterocycles. The van der Waals surface area contributed by atoms with E-state index in [-0.39, 0.29) is 0 Å². The maximum absolute atomic E-state index is 12.4. The Morgan fingerprint density at radius 3 is 2.29 bits per heavy atom. The largest absolute Gasteiger partial charge is 0.324 e. The summed E-state index contributed by atoms with van der Waals surface area (Å²) >= 11 is 1.81. The van der Waals surface area contributed by atoms with Crippen molar-refractivity contribution in [2.75, 3.05) is 24.0 Å². The van der Waals surface area contributed by atoms with Crippen molar-refractivity contribution in [1.82, 2.24) is 4.72 Å². The smallest absolute Gasteiger partial charge is 0.241 e. The van der Waals surface area contributed by atoms with E-state index in [1.165, 1.54) is 0 Å². The Kier molecular flexibility index (Phi) is 7.51. The van der Waals surface area contributed by atoms with Gasteiger partial charge in [-0.25, -0.2) is 13.1 Å². The Balaban J connectivity index is 2.70. The van der Waals surface area contributed by atoms with Gasteiger partial charge in [0.2, 0.25) is 10.0 Å². The molecule has 0 fully saturated rings. The lowest BCUT2D eigenvalue weighted by molar-refractivity contribution is 0.575. The SMILES string of the molecule is CSCCCCCNS(=O)(=O)c1c(C)cc(NN)cc1C. The number of benzene rings is 1. The van der Waals surface area contributed by atoms with Gasteiger partial charge in [0.15, 0.2) is 0 Å². The third-order valence-electron chi connectivity index (χ3n) is 3.21. The Labute approximate surface area is 132 Å². The topological polar surface area (TPSA) is 84.2 Å². The number of nitrogens with one attached hydrogen (secondary N) is 2. The highest BCUT2D eigenvalue weighted by Gasteiger charge is 2.19. The number of hydrogen-bond donors (Lipinski definition) is 3. The highest BCUT2D eigenvalue weighted by Crippen LogP contribution is 2.23. The zero-order valence-corrected chi connectivity index (χ0v) is 14.5. The fourth-order valence-corrected chi connectivity index (χ4v) is 4.30. The molecule has 0 heterocycles. The molecule has 0 unspecified atom stereocenters. The number of unbranched alkanes of at least 4 members (excludes halogenated alkanes) is 2. The van der Waals surface area contributed by atoms with E-state index in [9.17, 15) is 8.42 Å². The molecular weight excluding hydrogens is 306 g/mol. The Bertz CT molecular complexity index is 536. The molecule has 0 saturated heterocycles. The maximum Gasteiger partial charge on any atom is 0.241 e. The van der Waals surface area contributed by atoms with Gasteiger partial charge < -0.3 is 5.43 Å². The van der Waals surface area contributed by atoms with Crippen LogP contribution in [0.4, 0.5) is 5.69 Å². The molecule has 21 heavy (non-hydrogen) atoms. The van der Waals surface area contributed by atoms with Crippen molar-refractivity contribution in [2.45, 2.75) is 38.0 Å². The lowest BCUT2D eigenvalue weighted by atomic mass is 10.1. The van der Waals surface area contributed by atoms with E-state index in [1.54, 1.807) is 26.0 Å². The summed E-state index contributed by atoms with van der Waals surface area (Å²) in [5.74, 6) is 6.49. The third-order valence-corrected chi connectivity index (χ3v) is 5.68. The van der Waals surface area contributed by atoms with Gasteiger partial charge in [-0.2, -0.15) is 11.8 Å². The van der Waals surface area contributed by atoms with Crippen LogP contribution < -0.4 is 16.0 Å². The zero-order chi connectivity index (χ0) is 15.9. The molecule has 1 aromatic carbocycles. The van der Waals surface area contributed by atoms with Crippen LogP contribution in [0.15, 0.2) is 17.0 Å². The summed E-state index contributed by atoms with van der Waals surface area (Å²) < 4.78 is 27.5. The second-order valence-electron chi connectivity index (χ2n) is 5.03. The maximum atomic E-state index is 12.4. The first-order valence-corrected chi connectivity index (χ1v) is 9.86. The van der Waals surface area contributed by atoms with E-state index < -0.39 is 10.0 Å². The van der Waals surface area contributed by atoms with Gasteiger partial charge >= 0.3 is 0 Å². The molecule has 0 saturated carbocycles. The molecule has 1 rings (SSSR count). The number of anilines is 1. The van der Waals surface area contributed by atoms with Gasteiger partial charge in [0.1, 0.15) is 0 Å². The van der Waals surface area contributed by atoms with Gasteiger partial charge in [0.25, 0.3) is 0 Å². The quantitative estimate of drug-likeness (QED) is 0.368. The molecule has 0 radical (unpaired) electrons. The number of rotatable bonds is 9. The van der Waals surface area contributed by atoms with Gasteiger partial charge in [-0.1, -0.05) is 6.42 Å². The van der Waals surface area contributed by atoms with E-state index in [4.69, 9.17) is 5.84 Å². The number of nitrogens with two attached hydrogens (primary N) is 1. The van der Waals surface area contributed by atoms with E-state index in [1.807, 2.05) is 11.8 Å². The summed E-state index contributed by atoms with van der Waals surface area (Å²) in [6.45, 7) is 4.04. The normalized spacial score (nSPS) is 11.6. The number of nitrogen functional groups attached to an aromatic ring is 1. The van der Waals surface area contributed by atoms with Gasteiger partial charge in [-0.15, -0.1) is 0 Å². The average molecular weight is 332 g/mol. The number of hydrogen-bond acceptors (Lipinski definition) is 5. The Hall–Kier alpha value is -0.760. The van der Waals surface area contributed by atoms with Crippen LogP contribution in [-0.4, -0.2) is 27.0 Å². The van der Waals surface area contributed by atoms with E-state index in [0.29, 0.717) is 28.3 Å². The Morgan fingerprint density at radius 2 is 1.76 bits per heavy atom. The van der Waals surface area contributed by atoms with Crippen molar-refractivity contribution in [2.24, 2.45) is 5.84 Å². The molecule has 0 aliphatic carbocycles. The van der Waals surface area contributed by atoms with E-state index in [0.717, 1.165) is 25.0 Å². The molecule has 0 spiro atoms. The third kappa shape index (κ3) is 5.50. The average Bonchev–Trinajstić information content (AvgIpc) is 2.41. The summed E-state index contributed by atoms with van der Waals surface area (Å²) in [7, 11) is -3.46. The van der Waals surface area contributed by atoms with Crippen LogP contribution in [-0.2, 0) is 10.0 Å². The predicted octanol–water partition coefficient (Wildman–Crippen LogP) is 2.40. The molecule has 0 aromatic heterocycles. The molecule has 0 bridgehead atoms. The molecule has 5 nitrogen and oxygen atoms in total. The summed E-state index contributed by atoms with van der Waals surface area (Å²) in [4.78, 5) is 0.352. The minimum absolute atomic E-state index is 0.352. The summed E-state index contributed by atoms with van der Waals surface area (Å²) in [6.07, 6.45) is 5.10. The summed E-state index contributed by atoms with van der Waals surface area (Å²) in [5, 5.41) is 0. The highest BCUT2D eigenvalue weighted by molar-refractivity contribution is 7.98. The second-order valence-corrected chi connectivity index (χ2v) is 7.72. The van der Waals surface area contributed by atoms with E-state index >= 15 is 0 Å². The highest BCUT2D eigenvalue weighted by atomic mass is 32.2. The van der Waals surface area contributed by atoms with Crippen molar-refractivity contribution < 1.29 is 8.42 Å². The monoisotopic (exact) mass is 331 g/mol. The lowest BCUT2D eigenvalue weighted by Gasteiger charge is -2.14. The van der Waals surface area contributed by atoms with Crippen molar-refractivity contribution in [3.63, 3.8) is 0 Å². The number of thioether (sulfide) groups is 1. The predicted molar refractivity (Wildman–Crippen MR) is 91.1 cm³/mol. The molecule has 4 N–H and O–H groups in total. The van der Waals surface area contributed by atoms with Crippen LogP contribution in [0.2, 0.25) is 0 Å². The van der Waals surface area contributed by atoms with Crippen molar-refractivity contribution in [3.8, 4) is 0 Å². The Morgan fingerprint density at radius 1 is 1.14 bits per heavy atom. The standard InChI is InChI=1S/C14H25N3O2S2/c1-11-9-13(17-15)10-12(2)14(11)21(18,19)16-7-5-4-6-8-20-3/h9-10,16-17H,4-8,15H2,1-3H3. The van der Waals surface area contributed by atoms with Crippen molar-refractivity contribution in [1.29, 1.82) is 0 Å². The fraction of sp³-hybridized carbons (Fsp3) is 0.571. The molecule has 0 aliphatic rings. The minimum Gasteiger partial charge on any atom is -0.324 e. The fourth-order valence-electron chi connectivity index (χ4n) is 2.28. The zero-order valence-electron chi connectivity index (χ0n) is 12.9. The van der Waals surface area contributed by atoms with Crippen LogP contribution in [0.3, 0.4) is 0 Å². The number of aryl methyl sites for hydroxylation is 2. The molecule has 7 heteroatoms.